The summed E-state index contributed by atoms with van der Waals surface area (Å²) in [6.07, 6.45) is 2.01. The van der Waals surface area contributed by atoms with E-state index < -0.39 is 12.1 Å². The average molecular weight is 636 g/mol. The molecular formula is C31H56Cl2N4O5. The molecule has 0 spiro atoms. The van der Waals surface area contributed by atoms with Gasteiger partial charge in [-0.2, -0.15) is 0 Å². The molecule has 1 heterocycles. The van der Waals surface area contributed by atoms with Gasteiger partial charge in [0.2, 0.25) is 5.91 Å². The van der Waals surface area contributed by atoms with E-state index in [1.807, 2.05) is 32.0 Å². The highest BCUT2D eigenvalue weighted by atomic mass is 35.5. The maximum absolute atomic E-state index is 13.1. The number of nitrogens with two attached hydrogens (primary N) is 1. The number of benzene rings is 1. The number of nitrogens with one attached hydrogen (secondary N) is 2. The van der Waals surface area contributed by atoms with E-state index >= 15 is 0 Å². The molecule has 5 N–H and O–H groups in total. The highest BCUT2D eigenvalue weighted by Gasteiger charge is 2.29. The Balaban J connectivity index is 0.00000840. The molecule has 0 saturated carbocycles. The predicted molar refractivity (Wildman–Crippen MR) is 174 cm³/mol. The largest absolute Gasteiger partial charge is 0.491 e. The molecule has 1 saturated heterocycles. The van der Waals surface area contributed by atoms with E-state index in [0.29, 0.717) is 43.9 Å². The molecule has 1 aromatic carbocycles. The van der Waals surface area contributed by atoms with Crippen molar-refractivity contribution in [2.45, 2.75) is 72.4 Å². The number of rotatable bonds is 18. The Morgan fingerprint density at radius 2 is 1.71 bits per heavy atom. The highest BCUT2D eigenvalue weighted by molar-refractivity contribution is 5.96. The lowest BCUT2D eigenvalue weighted by Crippen LogP contribution is -2.44. The van der Waals surface area contributed by atoms with Crippen LogP contribution < -0.4 is 21.1 Å². The fraction of sp³-hybridized carbons (Fsp3) is 0.742. The van der Waals surface area contributed by atoms with Crippen molar-refractivity contribution in [3.8, 4) is 5.75 Å². The summed E-state index contributed by atoms with van der Waals surface area (Å²) in [6, 6.07) is 6.80. The minimum Gasteiger partial charge on any atom is -0.491 e. The van der Waals surface area contributed by atoms with Gasteiger partial charge in [-0.05, 0) is 49.1 Å². The number of aliphatic hydroxyl groups is 1. The van der Waals surface area contributed by atoms with E-state index in [-0.39, 0.29) is 60.3 Å². The van der Waals surface area contributed by atoms with E-state index in [1.54, 1.807) is 6.07 Å². The second-order valence-corrected chi connectivity index (χ2v) is 11.7. The molecule has 1 fully saturated rings. The molecule has 1 aliphatic heterocycles. The highest BCUT2D eigenvalue weighted by Crippen LogP contribution is 2.24. The summed E-state index contributed by atoms with van der Waals surface area (Å²) in [6.45, 7) is 15.9. The van der Waals surface area contributed by atoms with Gasteiger partial charge >= 0.3 is 0 Å². The zero-order chi connectivity index (χ0) is 29.5. The summed E-state index contributed by atoms with van der Waals surface area (Å²) < 4.78 is 11.4. The van der Waals surface area contributed by atoms with Gasteiger partial charge < -0.3 is 30.9 Å². The van der Waals surface area contributed by atoms with Crippen LogP contribution in [0.2, 0.25) is 0 Å². The molecule has 0 aromatic heterocycles. The summed E-state index contributed by atoms with van der Waals surface area (Å²) >= 11 is 0. The van der Waals surface area contributed by atoms with Crippen molar-refractivity contribution in [3.63, 3.8) is 0 Å². The third-order valence-corrected chi connectivity index (χ3v) is 7.90. The number of ether oxygens (including phenoxy) is 2. The van der Waals surface area contributed by atoms with E-state index in [4.69, 9.17) is 15.2 Å². The van der Waals surface area contributed by atoms with Crippen LogP contribution in [0, 0.1) is 23.7 Å². The van der Waals surface area contributed by atoms with Gasteiger partial charge in [0.25, 0.3) is 5.91 Å². The Morgan fingerprint density at radius 1 is 1.05 bits per heavy atom. The molecule has 0 unspecified atom stereocenters. The van der Waals surface area contributed by atoms with E-state index in [2.05, 4.69) is 36.3 Å². The number of carbonyl (C=O) groups excluding carboxylic acids is 2. The van der Waals surface area contributed by atoms with Gasteiger partial charge in [-0.1, -0.05) is 53.2 Å². The van der Waals surface area contributed by atoms with Gasteiger partial charge in [0.15, 0.2) is 0 Å². The molecule has 0 radical (unpaired) electrons. The molecule has 0 bridgehead atoms. The molecular weight excluding hydrogens is 579 g/mol. The topological polar surface area (TPSA) is 126 Å². The molecule has 2 amide bonds. The predicted octanol–water partition coefficient (Wildman–Crippen LogP) is 3.90. The molecule has 11 heteroatoms. The second-order valence-electron chi connectivity index (χ2n) is 11.7. The molecule has 2 rings (SSSR count). The molecule has 0 aliphatic carbocycles. The summed E-state index contributed by atoms with van der Waals surface area (Å²) in [5, 5.41) is 17.0. The fourth-order valence-corrected chi connectivity index (χ4v) is 4.94. The smallest absolute Gasteiger partial charge is 0.255 e. The summed E-state index contributed by atoms with van der Waals surface area (Å²) in [7, 11) is 0. The van der Waals surface area contributed by atoms with Crippen molar-refractivity contribution >= 4 is 36.6 Å². The van der Waals surface area contributed by atoms with Crippen LogP contribution in [0.4, 0.5) is 0 Å². The van der Waals surface area contributed by atoms with Crippen molar-refractivity contribution in [1.82, 2.24) is 15.5 Å². The van der Waals surface area contributed by atoms with Gasteiger partial charge in [-0.15, -0.1) is 24.8 Å². The van der Waals surface area contributed by atoms with Crippen molar-refractivity contribution in [2.75, 3.05) is 52.5 Å². The Hall–Kier alpha value is -1.62. The zero-order valence-electron chi connectivity index (χ0n) is 26.2. The van der Waals surface area contributed by atoms with Gasteiger partial charge in [0.1, 0.15) is 12.4 Å². The molecule has 9 nitrogen and oxygen atoms in total. The molecule has 1 aliphatic rings. The summed E-state index contributed by atoms with van der Waals surface area (Å²) in [5.41, 5.74) is 6.96. The maximum atomic E-state index is 13.1. The monoisotopic (exact) mass is 634 g/mol. The average Bonchev–Trinajstić information content (AvgIpc) is 2.94. The Morgan fingerprint density at radius 3 is 2.33 bits per heavy atom. The SMILES string of the molecule is CCCCNC(=O)[C@@H](C[C@H](O)[C@@H](N)C[C@H](CNC(=O)c1ccccc1OCCN1CCOCC1)C(C)C)C(C)C.Cl.Cl. The standard InChI is InChI=1S/C31H54N4O5.2ClH/c1-6-7-12-33-31(38)26(23(4)5)20-28(36)27(32)19-24(22(2)3)21-34-30(37)25-10-8-9-11-29(25)40-18-15-35-13-16-39-17-14-35;;/h8-11,22-24,26-28,36H,6-7,12-21,32H2,1-5H3,(H,33,38)(H,34,37);2*1H/t24-,26+,27+,28+;;/m1../s1. The number of aliphatic hydroxyl groups excluding tert-OH is 1. The van der Waals surface area contributed by atoms with Crippen LogP contribution in [0.5, 0.6) is 5.75 Å². The van der Waals surface area contributed by atoms with Crippen LogP contribution in [0.1, 0.15) is 70.7 Å². The second kappa shape index (κ2) is 22.0. The van der Waals surface area contributed by atoms with Gasteiger partial charge in [0.05, 0.1) is 24.9 Å². The van der Waals surface area contributed by atoms with Crippen molar-refractivity contribution in [3.05, 3.63) is 29.8 Å². The molecule has 244 valence electrons. The van der Waals surface area contributed by atoms with Crippen molar-refractivity contribution in [1.29, 1.82) is 0 Å². The minimum absolute atomic E-state index is 0. The number of hydrogen-bond acceptors (Lipinski definition) is 7. The normalized spacial score (nSPS) is 16.5. The molecule has 42 heavy (non-hydrogen) atoms. The van der Waals surface area contributed by atoms with Crippen LogP contribution >= 0.6 is 24.8 Å². The number of carbonyl (C=O) groups is 2. The zero-order valence-corrected chi connectivity index (χ0v) is 27.8. The van der Waals surface area contributed by atoms with Gasteiger partial charge in [-0.3, -0.25) is 14.5 Å². The first-order valence-electron chi connectivity index (χ1n) is 15.1. The number of morpholine rings is 1. The third-order valence-electron chi connectivity index (χ3n) is 7.90. The first-order valence-corrected chi connectivity index (χ1v) is 15.1. The van der Waals surface area contributed by atoms with Crippen molar-refractivity contribution in [2.24, 2.45) is 29.4 Å². The molecule has 1 aromatic rings. The van der Waals surface area contributed by atoms with Crippen LogP contribution in [-0.2, 0) is 9.53 Å². The van der Waals surface area contributed by atoms with E-state index in [9.17, 15) is 14.7 Å². The quantitative estimate of drug-likeness (QED) is 0.180. The number of unbranched alkanes of at least 4 members (excludes halogenated alkanes) is 1. The third kappa shape index (κ3) is 14.2. The van der Waals surface area contributed by atoms with Gasteiger partial charge in [-0.25, -0.2) is 0 Å². The Labute approximate surface area is 265 Å². The Bertz CT molecular complexity index is 887. The van der Waals surface area contributed by atoms with Crippen LogP contribution in [0.25, 0.3) is 0 Å². The van der Waals surface area contributed by atoms with E-state index in [0.717, 1.165) is 45.7 Å². The first-order chi connectivity index (χ1) is 19.1. The lowest BCUT2D eigenvalue weighted by Gasteiger charge is -2.30. The summed E-state index contributed by atoms with van der Waals surface area (Å²) in [4.78, 5) is 28.1. The number of halogens is 2. The lowest BCUT2D eigenvalue weighted by molar-refractivity contribution is -0.127. The van der Waals surface area contributed by atoms with Crippen LogP contribution in [-0.4, -0.2) is 86.5 Å². The van der Waals surface area contributed by atoms with Crippen LogP contribution in [0.15, 0.2) is 24.3 Å². The number of amides is 2. The van der Waals surface area contributed by atoms with Crippen molar-refractivity contribution < 1.29 is 24.2 Å². The van der Waals surface area contributed by atoms with E-state index in [1.165, 1.54) is 0 Å². The van der Waals surface area contributed by atoms with Gasteiger partial charge in [0, 0.05) is 44.7 Å². The summed E-state index contributed by atoms with van der Waals surface area (Å²) in [5.74, 6) is 0.474. The Kier molecular flexibility index (Phi) is 21.1. The minimum atomic E-state index is -0.804. The number of hydrogen-bond donors (Lipinski definition) is 4. The number of nitrogens with zero attached hydrogens (tertiary/aromatic N) is 1. The lowest BCUT2D eigenvalue weighted by atomic mass is 9.83. The number of para-hydroxylation sites is 1. The maximum Gasteiger partial charge on any atom is 0.255 e. The first kappa shape index (κ1) is 40.4. The fourth-order valence-electron chi connectivity index (χ4n) is 4.94. The van der Waals surface area contributed by atoms with Crippen LogP contribution in [0.3, 0.4) is 0 Å². The molecule has 4 atom stereocenters.